The maximum atomic E-state index is 12.3. The monoisotopic (exact) mass is 314 g/mol. The highest BCUT2D eigenvalue weighted by Crippen LogP contribution is 2.37. The Morgan fingerprint density at radius 3 is 2.96 bits per heavy atom. The zero-order valence-electron chi connectivity index (χ0n) is 13.0. The molecule has 23 heavy (non-hydrogen) atoms. The second-order valence-electron chi connectivity index (χ2n) is 6.15. The van der Waals surface area contributed by atoms with Crippen LogP contribution in [0, 0.1) is 5.92 Å². The number of amides is 1. The van der Waals surface area contributed by atoms with E-state index in [4.69, 9.17) is 0 Å². The average Bonchev–Trinajstić information content (AvgIpc) is 3.04. The molecule has 2 heterocycles. The van der Waals surface area contributed by atoms with E-state index in [1.54, 1.807) is 12.4 Å². The maximum absolute atomic E-state index is 12.3. The number of hydrogen-bond donors (Lipinski definition) is 3. The van der Waals surface area contributed by atoms with Crippen molar-refractivity contribution in [3.05, 3.63) is 48.0 Å². The van der Waals surface area contributed by atoms with Gasteiger partial charge in [-0.3, -0.25) is 14.9 Å². The summed E-state index contributed by atoms with van der Waals surface area (Å²) in [5, 5.41) is 19.3. The largest absolute Gasteiger partial charge is 0.393 e. The number of aryl methyl sites for hydroxylation is 1. The molecule has 6 nitrogen and oxygen atoms in total. The minimum Gasteiger partial charge on any atom is -0.393 e. The molecule has 0 aromatic carbocycles. The normalized spacial score (nSPS) is 21.4. The molecular weight excluding hydrogens is 292 g/mol. The van der Waals surface area contributed by atoms with Crippen molar-refractivity contribution in [2.75, 3.05) is 0 Å². The second-order valence-corrected chi connectivity index (χ2v) is 6.15. The van der Waals surface area contributed by atoms with E-state index >= 15 is 0 Å². The molecule has 1 aliphatic carbocycles. The number of aromatic amines is 1. The molecule has 3 N–H and O–H groups in total. The van der Waals surface area contributed by atoms with Crippen molar-refractivity contribution in [3.8, 4) is 0 Å². The number of rotatable bonds is 7. The molecule has 1 aliphatic rings. The van der Waals surface area contributed by atoms with E-state index in [-0.39, 0.29) is 24.0 Å². The maximum Gasteiger partial charge on any atom is 0.220 e. The lowest BCUT2D eigenvalue weighted by Crippen LogP contribution is -2.41. The van der Waals surface area contributed by atoms with Gasteiger partial charge in [-0.2, -0.15) is 5.10 Å². The minimum atomic E-state index is -0.246. The zero-order valence-corrected chi connectivity index (χ0v) is 13.0. The first kappa shape index (κ1) is 15.7. The first-order valence-corrected chi connectivity index (χ1v) is 8.08. The van der Waals surface area contributed by atoms with Crippen LogP contribution < -0.4 is 5.32 Å². The number of aromatic nitrogens is 3. The summed E-state index contributed by atoms with van der Waals surface area (Å²) in [6.45, 7) is 0. The summed E-state index contributed by atoms with van der Waals surface area (Å²) >= 11 is 0. The smallest absolute Gasteiger partial charge is 0.220 e. The van der Waals surface area contributed by atoms with E-state index in [0.717, 1.165) is 36.9 Å². The third-order valence-corrected chi connectivity index (χ3v) is 4.37. The topological polar surface area (TPSA) is 90.9 Å². The van der Waals surface area contributed by atoms with Gasteiger partial charge < -0.3 is 10.4 Å². The molecular formula is C17H22N4O2. The van der Waals surface area contributed by atoms with Crippen LogP contribution in [0.5, 0.6) is 0 Å². The molecule has 2 aromatic rings. The first-order chi connectivity index (χ1) is 11.2. The van der Waals surface area contributed by atoms with Crippen molar-refractivity contribution < 1.29 is 9.90 Å². The van der Waals surface area contributed by atoms with Crippen molar-refractivity contribution in [1.82, 2.24) is 20.5 Å². The summed E-state index contributed by atoms with van der Waals surface area (Å²) in [5.74, 6) is 0.295. The van der Waals surface area contributed by atoms with Gasteiger partial charge in [0.25, 0.3) is 0 Å². The Morgan fingerprint density at radius 2 is 2.30 bits per heavy atom. The molecule has 1 amide bonds. The van der Waals surface area contributed by atoms with Crippen LogP contribution in [0.25, 0.3) is 0 Å². The van der Waals surface area contributed by atoms with Gasteiger partial charge in [0.2, 0.25) is 5.91 Å². The number of aliphatic hydroxyl groups is 1. The Kier molecular flexibility index (Phi) is 5.02. The molecule has 2 aromatic heterocycles. The van der Waals surface area contributed by atoms with Crippen molar-refractivity contribution in [1.29, 1.82) is 0 Å². The molecule has 1 atom stereocenters. The van der Waals surface area contributed by atoms with Crippen LogP contribution in [0.3, 0.4) is 0 Å². The molecule has 6 heteroatoms. The molecule has 0 bridgehead atoms. The van der Waals surface area contributed by atoms with Crippen LogP contribution in [0.4, 0.5) is 0 Å². The number of aliphatic hydroxyl groups excluding tert-OH is 1. The number of H-pyrrole nitrogens is 1. The Balaban J connectivity index is 1.54. The van der Waals surface area contributed by atoms with Gasteiger partial charge in [-0.25, -0.2) is 0 Å². The fraction of sp³-hybridized carbons (Fsp3) is 0.471. The molecule has 0 saturated heterocycles. The quantitative estimate of drug-likeness (QED) is 0.726. The Bertz CT molecular complexity index is 609. The number of hydrogen-bond acceptors (Lipinski definition) is 4. The summed E-state index contributed by atoms with van der Waals surface area (Å²) in [6.07, 6.45) is 8.66. The van der Waals surface area contributed by atoms with Crippen molar-refractivity contribution in [2.24, 2.45) is 5.92 Å². The van der Waals surface area contributed by atoms with E-state index in [9.17, 15) is 9.90 Å². The predicted octanol–water partition coefficient (Wildman–Crippen LogP) is 1.76. The lowest BCUT2D eigenvalue weighted by Gasteiger charge is -2.37. The molecule has 3 rings (SSSR count). The standard InChI is InChI=1S/C17H22N4O2/c22-14-8-13(9-14)17(15-5-1-2-7-18-15)21-16(23)6-3-4-12-10-19-20-11-12/h1-2,5,7,10-11,13-14,17,22H,3-4,6,8-9H2,(H,19,20)(H,21,23)/t13?,14?,17-/m0/s1. The summed E-state index contributed by atoms with van der Waals surface area (Å²) in [6, 6.07) is 5.61. The molecule has 1 fully saturated rings. The number of nitrogens with one attached hydrogen (secondary N) is 2. The summed E-state index contributed by atoms with van der Waals surface area (Å²) in [7, 11) is 0. The molecule has 0 spiro atoms. The first-order valence-electron chi connectivity index (χ1n) is 8.08. The number of pyridine rings is 1. The summed E-state index contributed by atoms with van der Waals surface area (Å²) in [5.41, 5.74) is 1.98. The third kappa shape index (κ3) is 4.16. The number of carbonyl (C=O) groups is 1. The van der Waals surface area contributed by atoms with E-state index < -0.39 is 0 Å². The minimum absolute atomic E-state index is 0.0329. The van der Waals surface area contributed by atoms with Gasteiger partial charge in [-0.1, -0.05) is 6.07 Å². The Labute approximate surface area is 135 Å². The van der Waals surface area contributed by atoms with Crippen LogP contribution in [0.1, 0.15) is 43.0 Å². The molecule has 0 unspecified atom stereocenters. The Morgan fingerprint density at radius 1 is 1.43 bits per heavy atom. The molecule has 1 saturated carbocycles. The van der Waals surface area contributed by atoms with Crippen LogP contribution in [-0.4, -0.2) is 32.3 Å². The third-order valence-electron chi connectivity index (χ3n) is 4.37. The van der Waals surface area contributed by atoms with Gasteiger partial charge in [0.15, 0.2) is 0 Å². The van der Waals surface area contributed by atoms with Crippen LogP contribution in [-0.2, 0) is 11.2 Å². The number of nitrogens with zero attached hydrogens (tertiary/aromatic N) is 2. The fourth-order valence-corrected chi connectivity index (χ4v) is 3.01. The van der Waals surface area contributed by atoms with Crippen molar-refractivity contribution in [2.45, 2.75) is 44.2 Å². The highest BCUT2D eigenvalue weighted by atomic mass is 16.3. The molecule has 0 aliphatic heterocycles. The van der Waals surface area contributed by atoms with Crippen LogP contribution in [0.2, 0.25) is 0 Å². The fourth-order valence-electron chi connectivity index (χ4n) is 3.01. The highest BCUT2D eigenvalue weighted by Gasteiger charge is 2.36. The van der Waals surface area contributed by atoms with Crippen LogP contribution >= 0.6 is 0 Å². The summed E-state index contributed by atoms with van der Waals surface area (Å²) < 4.78 is 0. The molecule has 0 radical (unpaired) electrons. The summed E-state index contributed by atoms with van der Waals surface area (Å²) in [4.78, 5) is 16.6. The second kappa shape index (κ2) is 7.37. The lowest BCUT2D eigenvalue weighted by molar-refractivity contribution is -0.123. The lowest BCUT2D eigenvalue weighted by atomic mass is 9.76. The van der Waals surface area contributed by atoms with Crippen molar-refractivity contribution in [3.63, 3.8) is 0 Å². The van der Waals surface area contributed by atoms with E-state index in [1.807, 2.05) is 24.4 Å². The predicted molar refractivity (Wildman–Crippen MR) is 85.4 cm³/mol. The van der Waals surface area contributed by atoms with Gasteiger partial charge >= 0.3 is 0 Å². The SMILES string of the molecule is O=C(CCCc1cn[nH]c1)N[C@H](c1ccccn1)C1CC(O)C1. The molecule has 122 valence electrons. The van der Waals surface area contributed by atoms with E-state index in [1.165, 1.54) is 0 Å². The zero-order chi connectivity index (χ0) is 16.1. The van der Waals surface area contributed by atoms with Crippen molar-refractivity contribution >= 4 is 5.91 Å². The number of carbonyl (C=O) groups excluding carboxylic acids is 1. The van der Waals surface area contributed by atoms with Gasteiger partial charge in [0.05, 0.1) is 24.0 Å². The van der Waals surface area contributed by atoms with E-state index in [2.05, 4.69) is 20.5 Å². The average molecular weight is 314 g/mol. The van der Waals surface area contributed by atoms with Gasteiger partial charge in [0, 0.05) is 18.8 Å². The van der Waals surface area contributed by atoms with Crippen LogP contribution in [0.15, 0.2) is 36.8 Å². The van der Waals surface area contributed by atoms with Gasteiger partial charge in [0.1, 0.15) is 0 Å². The van der Waals surface area contributed by atoms with E-state index in [0.29, 0.717) is 6.42 Å². The van der Waals surface area contributed by atoms with Gasteiger partial charge in [-0.15, -0.1) is 0 Å². The Hall–Kier alpha value is -2.21. The van der Waals surface area contributed by atoms with Gasteiger partial charge in [-0.05, 0) is 49.3 Å². The highest BCUT2D eigenvalue weighted by molar-refractivity contribution is 5.76.